The summed E-state index contributed by atoms with van der Waals surface area (Å²) < 4.78 is 0. The molecule has 172 valence electrons. The van der Waals surface area contributed by atoms with Crippen molar-refractivity contribution < 1.29 is 14.4 Å². The third kappa shape index (κ3) is 4.39. The maximum absolute atomic E-state index is 13.1. The van der Waals surface area contributed by atoms with E-state index in [1.807, 2.05) is 47.1 Å². The fraction of sp³-hybridized carbons (Fsp3) is 0.444. The lowest BCUT2D eigenvalue weighted by atomic mass is 9.92. The Morgan fingerprint density at radius 2 is 1.48 bits per heavy atom. The second-order valence-corrected chi connectivity index (χ2v) is 9.62. The van der Waals surface area contributed by atoms with Gasteiger partial charge in [0.25, 0.3) is 0 Å². The van der Waals surface area contributed by atoms with Crippen LogP contribution in [-0.4, -0.2) is 53.7 Å². The molecule has 1 atom stereocenters. The van der Waals surface area contributed by atoms with E-state index in [-0.39, 0.29) is 36.0 Å². The second-order valence-electron chi connectivity index (χ2n) is 9.62. The molecule has 0 unspecified atom stereocenters. The number of anilines is 1. The summed E-state index contributed by atoms with van der Waals surface area (Å²) in [7, 11) is 0. The largest absolute Gasteiger partial charge is 0.342 e. The molecule has 2 fully saturated rings. The number of carbonyl (C=O) groups is 3. The summed E-state index contributed by atoms with van der Waals surface area (Å²) in [6.07, 6.45) is 2.57. The van der Waals surface area contributed by atoms with E-state index in [2.05, 4.69) is 18.2 Å². The lowest BCUT2D eigenvalue weighted by Gasteiger charge is -2.36. The molecule has 2 aromatic rings. The fourth-order valence-corrected chi connectivity index (χ4v) is 5.39. The second kappa shape index (κ2) is 9.00. The smallest absolute Gasteiger partial charge is 0.228 e. The van der Waals surface area contributed by atoms with Gasteiger partial charge in [0, 0.05) is 50.7 Å². The zero-order valence-corrected chi connectivity index (χ0v) is 19.2. The van der Waals surface area contributed by atoms with Gasteiger partial charge in [0.15, 0.2) is 0 Å². The maximum atomic E-state index is 13.1. The average Bonchev–Trinajstić information content (AvgIpc) is 3.25. The van der Waals surface area contributed by atoms with Crippen molar-refractivity contribution in [1.29, 1.82) is 0 Å². The normalized spacial score (nSPS) is 21.3. The zero-order valence-electron chi connectivity index (χ0n) is 19.2. The molecule has 3 amide bonds. The standard InChI is InChI=1S/C27H31N3O3/c1-19-6-8-24(9-7-19)30-18-23(16-25(30)31)27(33)28-13-11-21(12-14-28)26(32)29-15-10-20-4-2-3-5-22(20)17-29/h2-9,21,23H,10-18H2,1H3/t23-/m1/s1. The summed E-state index contributed by atoms with van der Waals surface area (Å²) in [5.41, 5.74) is 4.58. The summed E-state index contributed by atoms with van der Waals surface area (Å²) in [6.45, 7) is 5.10. The van der Waals surface area contributed by atoms with Crippen LogP contribution in [0.15, 0.2) is 48.5 Å². The van der Waals surface area contributed by atoms with E-state index < -0.39 is 0 Å². The molecule has 0 N–H and O–H groups in total. The first-order valence-corrected chi connectivity index (χ1v) is 12.0. The van der Waals surface area contributed by atoms with Crippen molar-refractivity contribution in [2.45, 2.75) is 39.2 Å². The van der Waals surface area contributed by atoms with Crippen LogP contribution in [0.2, 0.25) is 0 Å². The third-order valence-electron chi connectivity index (χ3n) is 7.42. The first kappa shape index (κ1) is 21.7. The summed E-state index contributed by atoms with van der Waals surface area (Å²) in [5.74, 6) is -0.0418. The number of carbonyl (C=O) groups excluding carboxylic acids is 3. The number of hydrogen-bond acceptors (Lipinski definition) is 3. The predicted molar refractivity (Wildman–Crippen MR) is 127 cm³/mol. The van der Waals surface area contributed by atoms with E-state index in [1.165, 1.54) is 11.1 Å². The van der Waals surface area contributed by atoms with Gasteiger partial charge in [-0.1, -0.05) is 42.0 Å². The highest BCUT2D eigenvalue weighted by atomic mass is 16.2. The van der Waals surface area contributed by atoms with E-state index in [0.29, 0.717) is 39.0 Å². The Morgan fingerprint density at radius 1 is 0.818 bits per heavy atom. The van der Waals surface area contributed by atoms with Crippen LogP contribution in [0.1, 0.15) is 36.0 Å². The van der Waals surface area contributed by atoms with Crippen molar-refractivity contribution in [3.8, 4) is 0 Å². The maximum Gasteiger partial charge on any atom is 0.228 e. The highest BCUT2D eigenvalue weighted by Crippen LogP contribution is 2.29. The molecule has 2 saturated heterocycles. The molecule has 0 aromatic heterocycles. The molecule has 2 aromatic carbocycles. The number of fused-ring (bicyclic) bond motifs is 1. The molecule has 0 saturated carbocycles. The molecule has 0 bridgehead atoms. The molecule has 0 spiro atoms. The zero-order chi connectivity index (χ0) is 22.9. The summed E-state index contributed by atoms with van der Waals surface area (Å²) in [6, 6.07) is 16.2. The molecule has 3 aliphatic rings. The van der Waals surface area contributed by atoms with Crippen LogP contribution in [0.3, 0.4) is 0 Å². The van der Waals surface area contributed by atoms with Crippen molar-refractivity contribution in [2.75, 3.05) is 31.1 Å². The van der Waals surface area contributed by atoms with Gasteiger partial charge >= 0.3 is 0 Å². The number of rotatable bonds is 3. The van der Waals surface area contributed by atoms with Gasteiger partial charge < -0.3 is 14.7 Å². The van der Waals surface area contributed by atoms with E-state index in [1.54, 1.807) is 4.90 Å². The van der Waals surface area contributed by atoms with Crippen LogP contribution < -0.4 is 4.90 Å². The fourth-order valence-electron chi connectivity index (χ4n) is 5.39. The summed E-state index contributed by atoms with van der Waals surface area (Å²) in [4.78, 5) is 44.4. The Kier molecular flexibility index (Phi) is 5.92. The Morgan fingerprint density at radius 3 is 2.21 bits per heavy atom. The van der Waals surface area contributed by atoms with Crippen LogP contribution in [0.25, 0.3) is 0 Å². The molecular formula is C27H31N3O3. The van der Waals surface area contributed by atoms with Crippen LogP contribution in [0.4, 0.5) is 5.69 Å². The van der Waals surface area contributed by atoms with Gasteiger partial charge in [-0.05, 0) is 49.4 Å². The van der Waals surface area contributed by atoms with Crippen molar-refractivity contribution in [3.63, 3.8) is 0 Å². The average molecular weight is 446 g/mol. The lowest BCUT2D eigenvalue weighted by molar-refractivity contribution is -0.143. The van der Waals surface area contributed by atoms with Crippen LogP contribution in [-0.2, 0) is 27.3 Å². The number of benzene rings is 2. The highest BCUT2D eigenvalue weighted by Gasteiger charge is 2.39. The molecule has 0 aliphatic carbocycles. The van der Waals surface area contributed by atoms with Crippen molar-refractivity contribution in [2.24, 2.45) is 11.8 Å². The summed E-state index contributed by atoms with van der Waals surface area (Å²) in [5, 5.41) is 0. The predicted octanol–water partition coefficient (Wildman–Crippen LogP) is 3.17. The van der Waals surface area contributed by atoms with Gasteiger partial charge in [-0.3, -0.25) is 14.4 Å². The van der Waals surface area contributed by atoms with Crippen LogP contribution in [0.5, 0.6) is 0 Å². The number of likely N-dealkylation sites (tertiary alicyclic amines) is 1. The first-order chi connectivity index (χ1) is 16.0. The van der Waals surface area contributed by atoms with E-state index >= 15 is 0 Å². The molecule has 33 heavy (non-hydrogen) atoms. The van der Waals surface area contributed by atoms with Crippen LogP contribution in [0, 0.1) is 18.8 Å². The quantitative estimate of drug-likeness (QED) is 0.729. The number of nitrogens with zero attached hydrogens (tertiary/aromatic N) is 3. The number of aryl methyl sites for hydroxylation is 1. The Labute approximate surface area is 195 Å². The number of piperidine rings is 1. The SMILES string of the molecule is Cc1ccc(N2C[C@H](C(=O)N3CCC(C(=O)N4CCc5ccccc5C4)CC3)CC2=O)cc1. The molecule has 5 rings (SSSR count). The van der Waals surface area contributed by atoms with Gasteiger partial charge in [0.2, 0.25) is 17.7 Å². The Bertz CT molecular complexity index is 1060. The van der Waals surface area contributed by atoms with Gasteiger partial charge in [-0.25, -0.2) is 0 Å². The van der Waals surface area contributed by atoms with Gasteiger partial charge in [-0.2, -0.15) is 0 Å². The molecule has 3 heterocycles. The van der Waals surface area contributed by atoms with E-state index in [0.717, 1.165) is 24.2 Å². The van der Waals surface area contributed by atoms with Gasteiger partial charge in [0.05, 0.1) is 5.92 Å². The molecule has 0 radical (unpaired) electrons. The van der Waals surface area contributed by atoms with Crippen molar-refractivity contribution >= 4 is 23.4 Å². The third-order valence-corrected chi connectivity index (χ3v) is 7.42. The number of hydrogen-bond donors (Lipinski definition) is 0. The summed E-state index contributed by atoms with van der Waals surface area (Å²) >= 11 is 0. The van der Waals surface area contributed by atoms with Gasteiger partial charge in [0.1, 0.15) is 0 Å². The molecular weight excluding hydrogens is 414 g/mol. The van der Waals surface area contributed by atoms with Gasteiger partial charge in [-0.15, -0.1) is 0 Å². The molecule has 3 aliphatic heterocycles. The lowest BCUT2D eigenvalue weighted by Crippen LogP contribution is -2.47. The minimum Gasteiger partial charge on any atom is -0.342 e. The first-order valence-electron chi connectivity index (χ1n) is 12.0. The van der Waals surface area contributed by atoms with Crippen molar-refractivity contribution in [3.05, 3.63) is 65.2 Å². The monoisotopic (exact) mass is 445 g/mol. The minimum atomic E-state index is -0.301. The molecule has 6 nitrogen and oxygen atoms in total. The number of amides is 3. The van der Waals surface area contributed by atoms with Crippen molar-refractivity contribution in [1.82, 2.24) is 9.80 Å². The topological polar surface area (TPSA) is 60.9 Å². The minimum absolute atomic E-state index is 0.00708. The van der Waals surface area contributed by atoms with Crippen LogP contribution >= 0.6 is 0 Å². The Balaban J connectivity index is 1.15. The van der Waals surface area contributed by atoms with E-state index in [4.69, 9.17) is 0 Å². The Hall–Kier alpha value is -3.15. The van der Waals surface area contributed by atoms with E-state index in [9.17, 15) is 14.4 Å². The molecule has 6 heteroatoms. The highest BCUT2D eigenvalue weighted by molar-refractivity contribution is 6.00.